The number of hydrogen-bond acceptors (Lipinski definition) is 3. The average molecular weight is 335 g/mol. The Labute approximate surface area is 139 Å². The molecule has 116 valence electrons. The standard InChI is InChI=1S/C17H19ClN2OS/c1-2-10-20-15-5-3-4-14(15)16(19-17(20)21)22-11-12-6-8-13(18)9-7-12/h6-9H,2-5,10-11H2,1H3. The van der Waals surface area contributed by atoms with Crippen LogP contribution in [0, 0.1) is 0 Å². The molecule has 0 unspecified atom stereocenters. The highest BCUT2D eigenvalue weighted by Crippen LogP contribution is 2.31. The molecule has 0 saturated heterocycles. The fraction of sp³-hybridized carbons (Fsp3) is 0.412. The highest BCUT2D eigenvalue weighted by atomic mass is 35.5. The number of rotatable bonds is 5. The van der Waals surface area contributed by atoms with Gasteiger partial charge in [-0.25, -0.2) is 4.79 Å². The lowest BCUT2D eigenvalue weighted by molar-refractivity contribution is 0.597. The second-order valence-electron chi connectivity index (χ2n) is 5.55. The first-order chi connectivity index (χ1) is 10.7. The lowest BCUT2D eigenvalue weighted by Gasteiger charge is -2.13. The van der Waals surface area contributed by atoms with Crippen LogP contribution < -0.4 is 5.69 Å². The summed E-state index contributed by atoms with van der Waals surface area (Å²) in [5, 5.41) is 1.66. The quantitative estimate of drug-likeness (QED) is 0.610. The van der Waals surface area contributed by atoms with Gasteiger partial charge in [-0.05, 0) is 43.4 Å². The van der Waals surface area contributed by atoms with E-state index in [2.05, 4.69) is 11.9 Å². The molecule has 0 N–H and O–H groups in total. The van der Waals surface area contributed by atoms with Gasteiger partial charge in [0.15, 0.2) is 0 Å². The number of benzene rings is 1. The molecular formula is C17H19ClN2OS. The summed E-state index contributed by atoms with van der Waals surface area (Å²) in [4.78, 5) is 16.6. The monoisotopic (exact) mass is 334 g/mol. The maximum absolute atomic E-state index is 12.3. The van der Waals surface area contributed by atoms with E-state index in [1.54, 1.807) is 11.8 Å². The van der Waals surface area contributed by atoms with Gasteiger partial charge in [0.25, 0.3) is 0 Å². The Morgan fingerprint density at radius 1 is 1.27 bits per heavy atom. The molecule has 0 amide bonds. The zero-order chi connectivity index (χ0) is 15.5. The zero-order valence-electron chi connectivity index (χ0n) is 12.6. The largest absolute Gasteiger partial charge is 0.348 e. The van der Waals surface area contributed by atoms with Crippen molar-refractivity contribution in [2.24, 2.45) is 0 Å². The summed E-state index contributed by atoms with van der Waals surface area (Å²) in [6, 6.07) is 7.84. The van der Waals surface area contributed by atoms with Gasteiger partial charge in [0, 0.05) is 28.6 Å². The van der Waals surface area contributed by atoms with E-state index in [-0.39, 0.29) is 5.69 Å². The summed E-state index contributed by atoms with van der Waals surface area (Å²) in [7, 11) is 0. The van der Waals surface area contributed by atoms with E-state index in [1.807, 2.05) is 28.8 Å². The van der Waals surface area contributed by atoms with Gasteiger partial charge in [-0.15, -0.1) is 11.8 Å². The molecule has 0 radical (unpaired) electrons. The Balaban J connectivity index is 1.85. The SMILES string of the molecule is CCCn1c2c(c(SCc3ccc(Cl)cc3)nc1=O)CCC2. The molecule has 0 aliphatic heterocycles. The lowest BCUT2D eigenvalue weighted by atomic mass is 10.2. The third-order valence-corrected chi connectivity index (χ3v) is 5.28. The Kier molecular flexibility index (Phi) is 4.89. The van der Waals surface area contributed by atoms with Crippen molar-refractivity contribution in [3.8, 4) is 0 Å². The highest BCUT2D eigenvalue weighted by Gasteiger charge is 2.21. The van der Waals surface area contributed by atoms with Crippen LogP contribution in [0.2, 0.25) is 5.02 Å². The van der Waals surface area contributed by atoms with Crippen LogP contribution in [0.15, 0.2) is 34.1 Å². The smallest absolute Gasteiger partial charge is 0.296 e. The molecule has 1 heterocycles. The first kappa shape index (κ1) is 15.6. The number of aromatic nitrogens is 2. The fourth-order valence-electron chi connectivity index (χ4n) is 2.89. The van der Waals surface area contributed by atoms with Crippen LogP contribution in [-0.2, 0) is 25.1 Å². The third-order valence-electron chi connectivity index (χ3n) is 3.94. The van der Waals surface area contributed by atoms with Crippen molar-refractivity contribution in [2.45, 2.75) is 49.9 Å². The van der Waals surface area contributed by atoms with Gasteiger partial charge in [-0.1, -0.05) is 30.7 Å². The number of halogens is 1. The van der Waals surface area contributed by atoms with Gasteiger partial charge in [-0.3, -0.25) is 4.57 Å². The minimum absolute atomic E-state index is 0.0962. The molecule has 1 aromatic carbocycles. The van der Waals surface area contributed by atoms with Crippen LogP contribution in [0.3, 0.4) is 0 Å². The third kappa shape index (κ3) is 3.23. The summed E-state index contributed by atoms with van der Waals surface area (Å²) in [6.45, 7) is 2.87. The molecule has 0 saturated carbocycles. The maximum atomic E-state index is 12.3. The summed E-state index contributed by atoms with van der Waals surface area (Å²) in [5.74, 6) is 0.813. The van der Waals surface area contributed by atoms with Crippen molar-refractivity contribution >= 4 is 23.4 Å². The second kappa shape index (κ2) is 6.88. The van der Waals surface area contributed by atoms with Gasteiger partial charge in [0.05, 0.1) is 0 Å². The highest BCUT2D eigenvalue weighted by molar-refractivity contribution is 7.98. The van der Waals surface area contributed by atoms with E-state index >= 15 is 0 Å². The number of thioether (sulfide) groups is 1. The summed E-state index contributed by atoms with van der Waals surface area (Å²) >= 11 is 7.57. The van der Waals surface area contributed by atoms with Crippen molar-refractivity contribution in [1.29, 1.82) is 0 Å². The van der Waals surface area contributed by atoms with Crippen molar-refractivity contribution in [3.63, 3.8) is 0 Å². The summed E-state index contributed by atoms with van der Waals surface area (Å²) < 4.78 is 1.87. The molecule has 0 fully saturated rings. The molecular weight excluding hydrogens is 316 g/mol. The molecule has 0 atom stereocenters. The number of nitrogens with zero attached hydrogens (tertiary/aromatic N) is 2. The number of hydrogen-bond donors (Lipinski definition) is 0. The first-order valence-corrected chi connectivity index (χ1v) is 9.05. The minimum atomic E-state index is -0.0962. The van der Waals surface area contributed by atoms with E-state index in [4.69, 9.17) is 11.6 Å². The average Bonchev–Trinajstić information content (AvgIpc) is 2.99. The van der Waals surface area contributed by atoms with E-state index in [9.17, 15) is 4.79 Å². The van der Waals surface area contributed by atoms with Crippen LogP contribution >= 0.6 is 23.4 Å². The Hall–Kier alpha value is -1.26. The molecule has 3 rings (SSSR count). The molecule has 0 spiro atoms. The molecule has 1 aliphatic rings. The van der Waals surface area contributed by atoms with Crippen LogP contribution in [0.25, 0.3) is 0 Å². The van der Waals surface area contributed by atoms with Crippen molar-refractivity contribution in [1.82, 2.24) is 9.55 Å². The van der Waals surface area contributed by atoms with E-state index in [1.165, 1.54) is 16.8 Å². The molecule has 1 aromatic heterocycles. The van der Waals surface area contributed by atoms with E-state index < -0.39 is 0 Å². The van der Waals surface area contributed by atoms with Crippen molar-refractivity contribution in [3.05, 3.63) is 56.6 Å². The van der Waals surface area contributed by atoms with Gasteiger partial charge in [0.1, 0.15) is 5.03 Å². The van der Waals surface area contributed by atoms with Crippen molar-refractivity contribution < 1.29 is 0 Å². The molecule has 0 bridgehead atoms. The fourth-order valence-corrected chi connectivity index (χ4v) is 4.05. The van der Waals surface area contributed by atoms with Crippen molar-refractivity contribution in [2.75, 3.05) is 0 Å². The molecule has 3 nitrogen and oxygen atoms in total. The van der Waals surface area contributed by atoms with Gasteiger partial charge >= 0.3 is 5.69 Å². The topological polar surface area (TPSA) is 34.9 Å². The second-order valence-corrected chi connectivity index (χ2v) is 6.95. The Morgan fingerprint density at radius 3 is 2.77 bits per heavy atom. The predicted octanol–water partition coefficient (Wildman–Crippen LogP) is 4.09. The van der Waals surface area contributed by atoms with Gasteiger partial charge in [0.2, 0.25) is 0 Å². The first-order valence-electron chi connectivity index (χ1n) is 7.69. The van der Waals surface area contributed by atoms with Crippen LogP contribution in [0.4, 0.5) is 0 Å². The number of fused-ring (bicyclic) bond motifs is 1. The summed E-state index contributed by atoms with van der Waals surface area (Å²) in [6.07, 6.45) is 4.13. The molecule has 5 heteroatoms. The Morgan fingerprint density at radius 2 is 2.05 bits per heavy atom. The Bertz CT molecular complexity index is 725. The predicted molar refractivity (Wildman–Crippen MR) is 91.8 cm³/mol. The molecule has 22 heavy (non-hydrogen) atoms. The van der Waals surface area contributed by atoms with Gasteiger partial charge < -0.3 is 0 Å². The van der Waals surface area contributed by atoms with Crippen LogP contribution in [-0.4, -0.2) is 9.55 Å². The minimum Gasteiger partial charge on any atom is -0.296 e. The van der Waals surface area contributed by atoms with E-state index in [0.717, 1.165) is 48.0 Å². The zero-order valence-corrected chi connectivity index (χ0v) is 14.2. The normalized spacial score (nSPS) is 13.4. The summed E-state index contributed by atoms with van der Waals surface area (Å²) in [5.41, 5.74) is 3.59. The van der Waals surface area contributed by atoms with Crippen LogP contribution in [0.1, 0.15) is 36.6 Å². The molecule has 2 aromatic rings. The molecule has 1 aliphatic carbocycles. The van der Waals surface area contributed by atoms with Gasteiger partial charge in [-0.2, -0.15) is 4.98 Å². The lowest BCUT2D eigenvalue weighted by Crippen LogP contribution is -2.27. The van der Waals surface area contributed by atoms with E-state index in [0.29, 0.717) is 0 Å². The maximum Gasteiger partial charge on any atom is 0.348 e. The van der Waals surface area contributed by atoms with Crippen LogP contribution in [0.5, 0.6) is 0 Å².